The molecule has 0 amide bonds. The molecule has 27 heavy (non-hydrogen) atoms. The maximum atomic E-state index is 12.0. The van der Waals surface area contributed by atoms with Crippen LogP contribution in [0, 0.1) is 0 Å². The molecule has 3 aromatic rings. The molecule has 2 heterocycles. The summed E-state index contributed by atoms with van der Waals surface area (Å²) in [6, 6.07) is 9.96. The topological polar surface area (TPSA) is 66.8 Å². The molecule has 1 aromatic carbocycles. The first-order valence-electron chi connectivity index (χ1n) is 9.52. The fourth-order valence-electron chi connectivity index (χ4n) is 3.39. The van der Waals surface area contributed by atoms with Crippen molar-refractivity contribution in [2.45, 2.75) is 38.3 Å². The molecule has 1 saturated carbocycles. The smallest absolute Gasteiger partial charge is 0.251 e. The van der Waals surface area contributed by atoms with Crippen LogP contribution >= 0.6 is 0 Å². The van der Waals surface area contributed by atoms with Crippen molar-refractivity contribution in [2.75, 3.05) is 13.6 Å². The van der Waals surface area contributed by atoms with Gasteiger partial charge in [0.05, 0.1) is 12.0 Å². The van der Waals surface area contributed by atoms with Crippen molar-refractivity contribution < 1.29 is 0 Å². The zero-order valence-corrected chi connectivity index (χ0v) is 15.6. The molecule has 4 rings (SSSR count). The Balaban J connectivity index is 1.41. The molecule has 1 fully saturated rings. The maximum absolute atomic E-state index is 12.0. The minimum absolute atomic E-state index is 0.0646. The molecule has 0 saturated heterocycles. The molecule has 1 aliphatic carbocycles. The highest BCUT2D eigenvalue weighted by atomic mass is 16.1. The molecular weight excluding hydrogens is 338 g/mol. The summed E-state index contributed by atoms with van der Waals surface area (Å²) >= 11 is 0. The quantitative estimate of drug-likeness (QED) is 0.701. The summed E-state index contributed by atoms with van der Waals surface area (Å²) in [5, 5.41) is 0. The van der Waals surface area contributed by atoms with Crippen molar-refractivity contribution in [3.05, 3.63) is 70.7 Å². The Bertz CT molecular complexity index is 926. The summed E-state index contributed by atoms with van der Waals surface area (Å²) in [6.45, 7) is 2.76. The van der Waals surface area contributed by atoms with Gasteiger partial charge in [-0.1, -0.05) is 30.7 Å². The molecule has 0 radical (unpaired) electrons. The van der Waals surface area contributed by atoms with E-state index in [1.54, 1.807) is 12.3 Å². The second-order valence-electron chi connectivity index (χ2n) is 7.38. The van der Waals surface area contributed by atoms with E-state index in [0.29, 0.717) is 11.7 Å². The Kier molecular flexibility index (Phi) is 5.16. The van der Waals surface area contributed by atoms with Gasteiger partial charge in [0.2, 0.25) is 0 Å². The first-order chi connectivity index (χ1) is 13.2. The predicted molar refractivity (Wildman–Crippen MR) is 105 cm³/mol. The van der Waals surface area contributed by atoms with E-state index in [2.05, 4.69) is 38.6 Å². The fourth-order valence-corrected chi connectivity index (χ4v) is 3.39. The molecule has 2 aromatic heterocycles. The van der Waals surface area contributed by atoms with Crippen molar-refractivity contribution >= 4 is 0 Å². The number of nitrogens with zero attached hydrogens (tertiary/aromatic N) is 4. The lowest BCUT2D eigenvalue weighted by atomic mass is 9.83. The van der Waals surface area contributed by atoms with Crippen LogP contribution in [-0.2, 0) is 13.1 Å². The van der Waals surface area contributed by atoms with Crippen LogP contribution in [0.5, 0.6) is 0 Å². The average molecular weight is 363 g/mol. The normalized spacial score (nSPS) is 14.4. The van der Waals surface area contributed by atoms with Gasteiger partial charge in [-0.15, -0.1) is 0 Å². The van der Waals surface area contributed by atoms with Gasteiger partial charge in [-0.25, -0.2) is 9.97 Å². The van der Waals surface area contributed by atoms with Crippen molar-refractivity contribution in [1.29, 1.82) is 0 Å². The average Bonchev–Trinajstić information content (AvgIpc) is 3.12. The Morgan fingerprint density at radius 1 is 1.26 bits per heavy atom. The second-order valence-corrected chi connectivity index (χ2v) is 7.38. The molecule has 0 bridgehead atoms. The van der Waals surface area contributed by atoms with Crippen LogP contribution in [-0.4, -0.2) is 38.0 Å². The summed E-state index contributed by atoms with van der Waals surface area (Å²) in [7, 11) is 2.12. The number of rotatable bonds is 7. The lowest BCUT2D eigenvalue weighted by molar-refractivity contribution is 0.311. The molecule has 1 N–H and O–H groups in total. The third kappa shape index (κ3) is 4.34. The van der Waals surface area contributed by atoms with Crippen molar-refractivity contribution in [3.8, 4) is 11.4 Å². The molecule has 6 heteroatoms. The van der Waals surface area contributed by atoms with Gasteiger partial charge in [0, 0.05) is 49.6 Å². The van der Waals surface area contributed by atoms with E-state index in [9.17, 15) is 4.79 Å². The summed E-state index contributed by atoms with van der Waals surface area (Å²) in [5.74, 6) is 1.12. The molecule has 0 atom stereocenters. The SMILES string of the molecule is CN(CCn1ccnc1)Cc1ccc(-c2nc(C3CCC3)cc(=O)[nH]2)cc1. The highest BCUT2D eigenvalue weighted by Crippen LogP contribution is 2.35. The summed E-state index contributed by atoms with van der Waals surface area (Å²) in [6.07, 6.45) is 9.14. The van der Waals surface area contributed by atoms with Gasteiger partial charge in [-0.2, -0.15) is 0 Å². The number of benzene rings is 1. The fraction of sp³-hybridized carbons (Fsp3) is 0.381. The Morgan fingerprint density at radius 3 is 2.74 bits per heavy atom. The highest BCUT2D eigenvalue weighted by molar-refractivity contribution is 5.55. The summed E-state index contributed by atoms with van der Waals surface area (Å²) < 4.78 is 2.08. The number of hydrogen-bond acceptors (Lipinski definition) is 4. The van der Waals surface area contributed by atoms with Crippen LogP contribution in [0.2, 0.25) is 0 Å². The summed E-state index contributed by atoms with van der Waals surface area (Å²) in [5.41, 5.74) is 3.07. The Labute approximate surface area is 158 Å². The van der Waals surface area contributed by atoms with Crippen LogP contribution in [0.1, 0.15) is 36.4 Å². The minimum Gasteiger partial charge on any atom is -0.336 e. The van der Waals surface area contributed by atoms with Gasteiger partial charge in [-0.05, 0) is 25.5 Å². The first kappa shape index (κ1) is 17.7. The number of nitrogens with one attached hydrogen (secondary N) is 1. The van der Waals surface area contributed by atoms with E-state index in [4.69, 9.17) is 4.98 Å². The van der Waals surface area contributed by atoms with Gasteiger partial charge in [0.15, 0.2) is 0 Å². The van der Waals surface area contributed by atoms with Crippen LogP contribution in [0.3, 0.4) is 0 Å². The van der Waals surface area contributed by atoms with Crippen molar-refractivity contribution in [1.82, 2.24) is 24.4 Å². The van der Waals surface area contributed by atoms with E-state index in [1.165, 1.54) is 12.0 Å². The van der Waals surface area contributed by atoms with E-state index in [0.717, 1.165) is 43.7 Å². The second kappa shape index (κ2) is 7.88. The monoisotopic (exact) mass is 363 g/mol. The number of likely N-dealkylation sites (N-methyl/N-ethyl adjacent to an activating group) is 1. The van der Waals surface area contributed by atoms with E-state index >= 15 is 0 Å². The maximum Gasteiger partial charge on any atom is 0.251 e. The third-order valence-corrected chi connectivity index (χ3v) is 5.26. The van der Waals surface area contributed by atoms with Gasteiger partial charge < -0.3 is 14.5 Å². The molecule has 0 spiro atoms. The van der Waals surface area contributed by atoms with Gasteiger partial charge >= 0.3 is 0 Å². The third-order valence-electron chi connectivity index (χ3n) is 5.26. The van der Waals surface area contributed by atoms with Crippen LogP contribution < -0.4 is 5.56 Å². The zero-order valence-electron chi connectivity index (χ0n) is 15.6. The molecular formula is C21H25N5O. The Hall–Kier alpha value is -2.73. The number of imidazole rings is 1. The van der Waals surface area contributed by atoms with E-state index < -0.39 is 0 Å². The zero-order chi connectivity index (χ0) is 18.6. The van der Waals surface area contributed by atoms with E-state index in [1.807, 2.05) is 24.7 Å². The lowest BCUT2D eigenvalue weighted by Crippen LogP contribution is -2.22. The minimum atomic E-state index is -0.0646. The number of aromatic nitrogens is 4. The molecule has 0 aliphatic heterocycles. The number of hydrogen-bond donors (Lipinski definition) is 1. The summed E-state index contributed by atoms with van der Waals surface area (Å²) in [4.78, 5) is 25.9. The highest BCUT2D eigenvalue weighted by Gasteiger charge is 2.21. The molecule has 140 valence electrons. The van der Waals surface area contributed by atoms with Crippen LogP contribution in [0.4, 0.5) is 0 Å². The number of aromatic amines is 1. The van der Waals surface area contributed by atoms with E-state index in [-0.39, 0.29) is 5.56 Å². The largest absolute Gasteiger partial charge is 0.336 e. The van der Waals surface area contributed by atoms with Crippen LogP contribution in [0.15, 0.2) is 53.8 Å². The van der Waals surface area contributed by atoms with Crippen molar-refractivity contribution in [2.24, 2.45) is 0 Å². The van der Waals surface area contributed by atoms with Crippen LogP contribution in [0.25, 0.3) is 11.4 Å². The van der Waals surface area contributed by atoms with Gasteiger partial charge in [0.1, 0.15) is 5.82 Å². The standard InChI is InChI=1S/C21H25N5O/c1-25(11-12-26-10-9-22-15-26)14-16-5-7-18(8-6-16)21-23-19(13-20(27)24-21)17-3-2-4-17/h5-10,13,15,17H,2-4,11-12,14H2,1H3,(H,23,24,27). The Morgan fingerprint density at radius 2 is 2.07 bits per heavy atom. The van der Waals surface area contributed by atoms with Gasteiger partial charge in [-0.3, -0.25) is 4.79 Å². The molecule has 1 aliphatic rings. The van der Waals surface area contributed by atoms with Gasteiger partial charge in [0.25, 0.3) is 5.56 Å². The molecule has 6 nitrogen and oxygen atoms in total. The lowest BCUT2D eigenvalue weighted by Gasteiger charge is -2.24. The molecule has 0 unspecified atom stereocenters. The first-order valence-corrected chi connectivity index (χ1v) is 9.52. The van der Waals surface area contributed by atoms with Crippen molar-refractivity contribution in [3.63, 3.8) is 0 Å². The number of H-pyrrole nitrogens is 1. The predicted octanol–water partition coefficient (Wildman–Crippen LogP) is 3.03.